The molecule has 5 rings (SSSR count). The molecule has 1 aromatic carbocycles. The van der Waals surface area contributed by atoms with Crippen molar-refractivity contribution in [2.75, 3.05) is 16.0 Å². The van der Waals surface area contributed by atoms with Crippen LogP contribution < -0.4 is 16.0 Å². The van der Waals surface area contributed by atoms with Crippen LogP contribution in [0.5, 0.6) is 0 Å². The van der Waals surface area contributed by atoms with Gasteiger partial charge in [0.15, 0.2) is 10.1 Å². The van der Waals surface area contributed by atoms with Crippen molar-refractivity contribution < 1.29 is 9.59 Å². The number of hydrogen-bond acceptors (Lipinski definition) is 11. The number of benzene rings is 1. The summed E-state index contributed by atoms with van der Waals surface area (Å²) in [6.45, 7) is 4.08. The Morgan fingerprint density at radius 1 is 1.21 bits per heavy atom. The van der Waals surface area contributed by atoms with Crippen LogP contribution in [-0.4, -0.2) is 27.6 Å². The standard InChI is InChI=1S/C27H23N7O2S3/c1-27(2)10-18-23(19(35)11-27)22(20-8-5-9-37-20)16(13-29)24(30)34(18)25-32-33-26(39-25)38-14-21(36)31-17-7-4-3-6-15(17)12-28/h3-9,22H,10-11,14,30H2,1-2H3,(H,31,36). The number of allylic oxidation sites excluding steroid dienone is 3. The zero-order chi connectivity index (χ0) is 27.7. The lowest BCUT2D eigenvalue weighted by molar-refractivity contribution is -0.118. The number of carbonyl (C=O) groups is 2. The third-order valence-corrected chi connectivity index (χ3v) is 9.42. The smallest absolute Gasteiger partial charge is 0.234 e. The molecule has 1 unspecified atom stereocenters. The summed E-state index contributed by atoms with van der Waals surface area (Å²) >= 11 is 3.93. The number of nitrogens with two attached hydrogens (primary N) is 1. The number of nitrogens with one attached hydrogen (secondary N) is 1. The molecule has 0 radical (unpaired) electrons. The van der Waals surface area contributed by atoms with Gasteiger partial charge in [0.2, 0.25) is 11.0 Å². The molecule has 0 spiro atoms. The molecule has 3 N–H and O–H groups in total. The van der Waals surface area contributed by atoms with Gasteiger partial charge >= 0.3 is 0 Å². The van der Waals surface area contributed by atoms with Gasteiger partial charge in [0.25, 0.3) is 0 Å². The number of ketones is 1. The Bertz CT molecular complexity index is 1610. The Balaban J connectivity index is 1.44. The van der Waals surface area contributed by atoms with Crippen LogP contribution in [-0.2, 0) is 9.59 Å². The Morgan fingerprint density at radius 2 is 2.00 bits per heavy atom. The van der Waals surface area contributed by atoms with E-state index in [1.165, 1.54) is 34.4 Å². The van der Waals surface area contributed by atoms with E-state index < -0.39 is 5.92 Å². The van der Waals surface area contributed by atoms with Crippen LogP contribution in [0.25, 0.3) is 0 Å². The molecule has 1 aliphatic heterocycles. The Labute approximate surface area is 237 Å². The predicted molar refractivity (Wildman–Crippen MR) is 152 cm³/mol. The molecule has 12 heteroatoms. The van der Waals surface area contributed by atoms with Crippen molar-refractivity contribution in [3.05, 3.63) is 74.9 Å². The molecule has 3 aromatic rings. The van der Waals surface area contributed by atoms with Crippen molar-refractivity contribution >= 4 is 56.9 Å². The van der Waals surface area contributed by atoms with Gasteiger partial charge in [-0.05, 0) is 35.4 Å². The molecule has 39 heavy (non-hydrogen) atoms. The lowest BCUT2D eigenvalue weighted by atomic mass is 9.70. The molecule has 3 heterocycles. The molecule has 2 aliphatic rings. The van der Waals surface area contributed by atoms with Crippen molar-refractivity contribution in [1.29, 1.82) is 10.5 Å². The van der Waals surface area contributed by atoms with Crippen molar-refractivity contribution in [1.82, 2.24) is 10.2 Å². The number of Topliss-reactive ketones (excluding diaryl/α,β-unsaturated/α-hetero) is 1. The van der Waals surface area contributed by atoms with Gasteiger partial charge in [-0.25, -0.2) is 0 Å². The van der Waals surface area contributed by atoms with Gasteiger partial charge in [-0.15, -0.1) is 21.5 Å². The highest BCUT2D eigenvalue weighted by Crippen LogP contribution is 2.51. The number of para-hydroxylation sites is 1. The van der Waals surface area contributed by atoms with E-state index in [1.807, 2.05) is 31.4 Å². The normalized spacial score (nSPS) is 18.4. The molecule has 0 saturated carbocycles. The first-order chi connectivity index (χ1) is 18.7. The zero-order valence-corrected chi connectivity index (χ0v) is 23.5. The zero-order valence-electron chi connectivity index (χ0n) is 21.1. The van der Waals surface area contributed by atoms with Crippen LogP contribution in [0.2, 0.25) is 0 Å². The number of carbonyl (C=O) groups excluding carboxylic acids is 2. The molecule has 0 fully saturated rings. The minimum Gasteiger partial charge on any atom is -0.384 e. The quantitative estimate of drug-likeness (QED) is 0.382. The van der Waals surface area contributed by atoms with E-state index in [0.717, 1.165) is 10.6 Å². The van der Waals surface area contributed by atoms with Crippen LogP contribution >= 0.6 is 34.4 Å². The van der Waals surface area contributed by atoms with Gasteiger partial charge in [-0.2, -0.15) is 10.5 Å². The molecule has 0 bridgehead atoms. The maximum Gasteiger partial charge on any atom is 0.234 e. The van der Waals surface area contributed by atoms with Crippen LogP contribution in [0.15, 0.2) is 68.8 Å². The topological polar surface area (TPSA) is 149 Å². The average Bonchev–Trinajstić information content (AvgIpc) is 3.59. The third-order valence-electron chi connectivity index (χ3n) is 6.44. The molecule has 2 aromatic heterocycles. The van der Waals surface area contributed by atoms with Gasteiger partial charge in [-0.1, -0.05) is 55.1 Å². The lowest BCUT2D eigenvalue weighted by Crippen LogP contribution is -2.42. The van der Waals surface area contributed by atoms with E-state index >= 15 is 0 Å². The van der Waals surface area contributed by atoms with Crippen molar-refractivity contribution in [3.8, 4) is 12.1 Å². The highest BCUT2D eigenvalue weighted by molar-refractivity contribution is 8.01. The first-order valence-electron chi connectivity index (χ1n) is 12.0. The summed E-state index contributed by atoms with van der Waals surface area (Å²) in [7, 11) is 0. The number of nitrogens with zero attached hydrogens (tertiary/aromatic N) is 5. The van der Waals surface area contributed by atoms with Crippen LogP contribution in [0.3, 0.4) is 0 Å². The van der Waals surface area contributed by atoms with Gasteiger partial charge in [0.05, 0.1) is 34.6 Å². The summed E-state index contributed by atoms with van der Waals surface area (Å²) in [6.07, 6.45) is 0.958. The maximum absolute atomic E-state index is 13.5. The number of anilines is 2. The van der Waals surface area contributed by atoms with E-state index in [4.69, 9.17) is 5.73 Å². The Morgan fingerprint density at radius 3 is 2.72 bits per heavy atom. The maximum atomic E-state index is 13.5. The molecule has 1 amide bonds. The number of rotatable bonds is 6. The van der Waals surface area contributed by atoms with E-state index in [2.05, 4.69) is 27.7 Å². The van der Waals surface area contributed by atoms with Gasteiger partial charge < -0.3 is 11.1 Å². The van der Waals surface area contributed by atoms with E-state index in [9.17, 15) is 20.1 Å². The Kier molecular flexibility index (Phi) is 7.28. The summed E-state index contributed by atoms with van der Waals surface area (Å²) in [5.74, 6) is -0.501. The average molecular weight is 574 g/mol. The highest BCUT2D eigenvalue weighted by Gasteiger charge is 2.45. The summed E-state index contributed by atoms with van der Waals surface area (Å²) in [4.78, 5) is 28.6. The summed E-state index contributed by atoms with van der Waals surface area (Å²) in [5, 5.41) is 33.1. The van der Waals surface area contributed by atoms with Crippen LogP contribution in [0.4, 0.5) is 10.8 Å². The summed E-state index contributed by atoms with van der Waals surface area (Å²) < 4.78 is 0.531. The van der Waals surface area contributed by atoms with E-state index in [0.29, 0.717) is 44.7 Å². The first kappa shape index (κ1) is 26.6. The number of hydrogen-bond donors (Lipinski definition) is 2. The molecule has 196 valence electrons. The van der Waals surface area contributed by atoms with Gasteiger partial charge in [0.1, 0.15) is 11.9 Å². The fourth-order valence-corrected chi connectivity index (χ4v) is 7.35. The number of thioether (sulfide) groups is 1. The fraction of sp³-hybridized carbons (Fsp3) is 0.259. The Hall–Kier alpha value is -3.97. The second-order valence-corrected chi connectivity index (χ2v) is 13.0. The van der Waals surface area contributed by atoms with Crippen LogP contribution in [0, 0.1) is 28.1 Å². The number of aromatic nitrogens is 2. The highest BCUT2D eigenvalue weighted by atomic mass is 32.2. The largest absolute Gasteiger partial charge is 0.384 e. The van der Waals surface area contributed by atoms with Crippen molar-refractivity contribution in [3.63, 3.8) is 0 Å². The minimum absolute atomic E-state index is 0.00154. The number of nitriles is 2. The van der Waals surface area contributed by atoms with Gasteiger partial charge in [0, 0.05) is 22.6 Å². The van der Waals surface area contributed by atoms with Crippen LogP contribution in [0.1, 0.15) is 43.0 Å². The summed E-state index contributed by atoms with van der Waals surface area (Å²) in [5.41, 5.74) is 8.80. The van der Waals surface area contributed by atoms with Crippen molar-refractivity contribution in [2.45, 2.75) is 36.9 Å². The second kappa shape index (κ2) is 10.7. The second-order valence-electron chi connectivity index (χ2n) is 9.84. The summed E-state index contributed by atoms with van der Waals surface area (Å²) in [6, 6.07) is 14.9. The van der Waals surface area contributed by atoms with E-state index in [-0.39, 0.29) is 28.7 Å². The van der Waals surface area contributed by atoms with E-state index in [1.54, 1.807) is 29.2 Å². The van der Waals surface area contributed by atoms with Crippen molar-refractivity contribution in [2.24, 2.45) is 11.1 Å². The molecule has 1 atom stereocenters. The molecular weight excluding hydrogens is 551 g/mol. The lowest BCUT2D eigenvalue weighted by Gasteiger charge is -2.42. The number of amides is 1. The molecule has 9 nitrogen and oxygen atoms in total. The monoisotopic (exact) mass is 573 g/mol. The third kappa shape index (κ3) is 5.19. The minimum atomic E-state index is -0.508. The molecule has 0 saturated heterocycles. The van der Waals surface area contributed by atoms with Gasteiger partial charge in [-0.3, -0.25) is 14.5 Å². The molecule has 1 aliphatic carbocycles. The molecular formula is C27H23N7O2S3. The SMILES string of the molecule is CC1(C)CC(=O)C2=C(C1)N(c1nnc(SCC(=O)Nc3ccccc3C#N)s1)C(N)=C(C#N)C2c1cccs1. The fourth-order valence-electron chi connectivity index (χ4n) is 4.82. The first-order valence-corrected chi connectivity index (χ1v) is 14.7. The predicted octanol–water partition coefficient (Wildman–Crippen LogP) is 5.14. The number of thiophene rings is 1.